The van der Waals surface area contributed by atoms with Gasteiger partial charge in [0.15, 0.2) is 17.8 Å². The third-order valence-electron chi connectivity index (χ3n) is 4.69. The van der Waals surface area contributed by atoms with Crippen LogP contribution in [0.15, 0.2) is 18.2 Å². The molecule has 0 aromatic heterocycles. The first-order valence-electron chi connectivity index (χ1n) is 8.86. The summed E-state index contributed by atoms with van der Waals surface area (Å²) in [5, 5.41) is 69.7. The van der Waals surface area contributed by atoms with E-state index in [1.165, 1.54) is 18.2 Å². The zero-order valence-electron chi connectivity index (χ0n) is 16.5. The number of benzene rings is 1. The summed E-state index contributed by atoms with van der Waals surface area (Å²) in [5.74, 6) is -0.637. The third kappa shape index (κ3) is 8.96. The van der Waals surface area contributed by atoms with Crippen LogP contribution in [0.25, 0.3) is 0 Å². The lowest BCUT2D eigenvalue weighted by atomic mass is 9.88. The number of aliphatic hydroxyl groups is 6. The maximum atomic E-state index is 10.1. The topological polar surface area (TPSA) is 179 Å². The van der Waals surface area contributed by atoms with Crippen molar-refractivity contribution in [3.8, 4) is 11.5 Å². The number of carbonyl (C=O) groups excluding carboxylic acids is 1. The lowest BCUT2D eigenvalue weighted by Crippen LogP contribution is -2.32. The predicted molar refractivity (Wildman–Crippen MR) is 103 cm³/mol. The Morgan fingerprint density at radius 2 is 1.11 bits per heavy atom. The zero-order chi connectivity index (χ0) is 22.2. The predicted octanol–water partition coefficient (Wildman–Crippen LogP) is -0.370. The lowest BCUT2D eigenvalue weighted by molar-refractivity contribution is 0.00275. The Morgan fingerprint density at radius 1 is 0.750 bits per heavy atom. The van der Waals surface area contributed by atoms with E-state index in [-0.39, 0.29) is 56.7 Å². The van der Waals surface area contributed by atoms with Gasteiger partial charge in [0.05, 0.1) is 45.2 Å². The molecular weight excluding hydrogens is 372 g/mol. The molecule has 0 amide bonds. The summed E-state index contributed by atoms with van der Waals surface area (Å²) in [5.41, 5.74) is -1.24. The van der Waals surface area contributed by atoms with Crippen molar-refractivity contribution < 1.29 is 45.6 Å². The van der Waals surface area contributed by atoms with E-state index in [0.29, 0.717) is 19.1 Å². The summed E-state index contributed by atoms with van der Waals surface area (Å²) in [4.78, 5) is 10.1. The average molecular weight is 406 g/mol. The number of hydrogen-bond acceptors (Lipinski definition) is 9. The molecule has 0 saturated carbocycles. The number of rotatable bonds is 9. The maximum Gasteiger partial charge on any atom is 0.168 e. The van der Waals surface area contributed by atoms with Gasteiger partial charge in [-0.05, 0) is 25.0 Å². The Bertz CT molecular complexity index is 471. The van der Waals surface area contributed by atoms with Crippen LogP contribution in [0.4, 0.5) is 0 Å². The monoisotopic (exact) mass is 406 g/mol. The maximum absolute atomic E-state index is 10.1. The Kier molecular flexibility index (Phi) is 15.5. The molecule has 9 heteroatoms. The van der Waals surface area contributed by atoms with Gasteiger partial charge in [0.2, 0.25) is 0 Å². The highest BCUT2D eigenvalue weighted by Crippen LogP contribution is 2.26. The van der Waals surface area contributed by atoms with E-state index >= 15 is 0 Å². The summed E-state index contributed by atoms with van der Waals surface area (Å²) < 4.78 is 0. The first-order valence-corrected chi connectivity index (χ1v) is 8.86. The van der Waals surface area contributed by atoms with Crippen molar-refractivity contribution in [3.05, 3.63) is 23.8 Å². The van der Waals surface area contributed by atoms with Crippen molar-refractivity contribution in [2.75, 3.05) is 39.6 Å². The van der Waals surface area contributed by atoms with E-state index < -0.39 is 10.8 Å². The quantitative estimate of drug-likeness (QED) is 0.201. The first-order chi connectivity index (χ1) is 13.2. The molecule has 0 spiro atoms. The molecule has 0 bridgehead atoms. The highest BCUT2D eigenvalue weighted by Gasteiger charge is 2.25. The zero-order valence-corrected chi connectivity index (χ0v) is 16.5. The molecule has 1 rings (SSSR count). The Hall–Kier alpha value is -1.75. The van der Waals surface area contributed by atoms with Crippen molar-refractivity contribution in [2.45, 2.75) is 26.7 Å². The number of aliphatic hydroxyl groups excluding tert-OH is 6. The SMILES string of the molecule is CCC(CO)(CO)CO.CCC(CO)(CO)CO.O=Cc1cccc(O)c1O. The summed E-state index contributed by atoms with van der Waals surface area (Å²) >= 11 is 0. The second-order valence-electron chi connectivity index (χ2n) is 6.49. The van der Waals surface area contributed by atoms with E-state index in [2.05, 4.69) is 0 Å². The molecule has 164 valence electrons. The summed E-state index contributed by atoms with van der Waals surface area (Å²) in [6.07, 6.45) is 1.67. The van der Waals surface area contributed by atoms with Crippen LogP contribution >= 0.6 is 0 Å². The van der Waals surface area contributed by atoms with Crippen molar-refractivity contribution >= 4 is 6.29 Å². The van der Waals surface area contributed by atoms with Crippen molar-refractivity contribution in [3.63, 3.8) is 0 Å². The minimum absolute atomic E-state index is 0.0972. The summed E-state index contributed by atoms with van der Waals surface area (Å²) in [7, 11) is 0. The first kappa shape index (κ1) is 28.5. The number of aldehydes is 1. The summed E-state index contributed by atoms with van der Waals surface area (Å²) in [6, 6.07) is 4.21. The normalized spacial score (nSPS) is 11.0. The molecule has 0 atom stereocenters. The molecule has 0 aliphatic heterocycles. The lowest BCUT2D eigenvalue weighted by Gasteiger charge is -2.24. The molecular formula is C19H34O9. The second kappa shape index (κ2) is 15.2. The molecule has 0 saturated heterocycles. The number of aromatic hydroxyl groups is 2. The minimum Gasteiger partial charge on any atom is -0.504 e. The molecule has 0 radical (unpaired) electrons. The van der Waals surface area contributed by atoms with E-state index in [1.54, 1.807) is 0 Å². The highest BCUT2D eigenvalue weighted by atomic mass is 16.3. The van der Waals surface area contributed by atoms with Gasteiger partial charge in [-0.3, -0.25) is 4.79 Å². The van der Waals surface area contributed by atoms with E-state index in [0.717, 1.165) is 0 Å². The van der Waals surface area contributed by atoms with E-state index in [4.69, 9.17) is 40.9 Å². The molecule has 0 unspecified atom stereocenters. The van der Waals surface area contributed by atoms with Gasteiger partial charge in [0.1, 0.15) is 0 Å². The fourth-order valence-corrected chi connectivity index (χ4v) is 1.61. The number of hydrogen-bond donors (Lipinski definition) is 8. The van der Waals surface area contributed by atoms with Gasteiger partial charge in [-0.1, -0.05) is 19.9 Å². The largest absolute Gasteiger partial charge is 0.504 e. The minimum atomic E-state index is -0.667. The molecule has 0 heterocycles. The van der Waals surface area contributed by atoms with Crippen molar-refractivity contribution in [1.29, 1.82) is 0 Å². The molecule has 9 nitrogen and oxygen atoms in total. The molecule has 1 aromatic carbocycles. The molecule has 0 fully saturated rings. The van der Waals surface area contributed by atoms with Gasteiger partial charge in [0.25, 0.3) is 0 Å². The average Bonchev–Trinajstić information content (AvgIpc) is 2.75. The second-order valence-corrected chi connectivity index (χ2v) is 6.49. The number of para-hydroxylation sites is 1. The molecule has 1 aromatic rings. The fourth-order valence-electron chi connectivity index (χ4n) is 1.61. The van der Waals surface area contributed by atoms with Crippen LogP contribution in [0.5, 0.6) is 11.5 Å². The van der Waals surface area contributed by atoms with Gasteiger partial charge in [-0.25, -0.2) is 0 Å². The third-order valence-corrected chi connectivity index (χ3v) is 4.69. The number of carbonyl (C=O) groups is 1. The van der Waals surface area contributed by atoms with Crippen LogP contribution in [0, 0.1) is 10.8 Å². The Balaban J connectivity index is 0. The van der Waals surface area contributed by atoms with Gasteiger partial charge in [-0.15, -0.1) is 0 Å². The molecule has 0 aliphatic carbocycles. The van der Waals surface area contributed by atoms with Crippen LogP contribution in [0.2, 0.25) is 0 Å². The van der Waals surface area contributed by atoms with Crippen LogP contribution in [-0.2, 0) is 0 Å². The Labute approximate surface area is 165 Å². The van der Waals surface area contributed by atoms with Crippen LogP contribution in [0.3, 0.4) is 0 Å². The van der Waals surface area contributed by atoms with Crippen LogP contribution in [-0.4, -0.2) is 86.8 Å². The summed E-state index contributed by atoms with van der Waals surface area (Å²) in [6.45, 7) is 2.71. The van der Waals surface area contributed by atoms with E-state index in [1.807, 2.05) is 13.8 Å². The van der Waals surface area contributed by atoms with Crippen molar-refractivity contribution in [2.24, 2.45) is 10.8 Å². The van der Waals surface area contributed by atoms with Gasteiger partial charge in [0, 0.05) is 10.8 Å². The molecule has 28 heavy (non-hydrogen) atoms. The number of phenolic OH excluding ortho intramolecular Hbond substituents is 2. The fraction of sp³-hybridized carbons (Fsp3) is 0.632. The van der Waals surface area contributed by atoms with Crippen LogP contribution in [0.1, 0.15) is 37.0 Å². The van der Waals surface area contributed by atoms with Gasteiger partial charge >= 0.3 is 0 Å². The van der Waals surface area contributed by atoms with Crippen LogP contribution < -0.4 is 0 Å². The van der Waals surface area contributed by atoms with Gasteiger partial charge in [-0.2, -0.15) is 0 Å². The van der Waals surface area contributed by atoms with E-state index in [9.17, 15) is 4.79 Å². The molecule has 0 aliphatic rings. The molecule has 8 N–H and O–H groups in total. The van der Waals surface area contributed by atoms with Gasteiger partial charge < -0.3 is 40.9 Å². The smallest absolute Gasteiger partial charge is 0.168 e. The highest BCUT2D eigenvalue weighted by molar-refractivity contribution is 5.80. The van der Waals surface area contributed by atoms with Crippen molar-refractivity contribution in [1.82, 2.24) is 0 Å². The Morgan fingerprint density at radius 3 is 1.29 bits per heavy atom. The standard InChI is InChI=1S/C7H6O3.2C6H14O3/c8-4-5-2-1-3-6(9)7(5)10;2*1-2-6(3-7,4-8)5-9/h1-4,9-10H;2*7-9H,2-5H2,1H3. The number of phenols is 2.